The molecule has 1 atom stereocenters. The van der Waals surface area contributed by atoms with E-state index in [0.29, 0.717) is 0 Å². The van der Waals surface area contributed by atoms with Crippen LogP contribution in [0.2, 0.25) is 0 Å². The molecule has 0 aliphatic rings. The van der Waals surface area contributed by atoms with Crippen molar-refractivity contribution >= 4 is 0 Å². The maximum Gasteiger partial charge on any atom is 0.294 e. The highest BCUT2D eigenvalue weighted by molar-refractivity contribution is 4.73. The Morgan fingerprint density at radius 1 is 1.11 bits per heavy atom. The van der Waals surface area contributed by atoms with Gasteiger partial charge >= 0.3 is 0 Å². The lowest BCUT2D eigenvalue weighted by Gasteiger charge is -2.20. The third-order valence-electron chi connectivity index (χ3n) is 1.26. The monoisotopic (exact) mass is 264 g/mol. The van der Waals surface area contributed by atoms with Crippen molar-refractivity contribution in [3.63, 3.8) is 0 Å². The quantitative estimate of drug-likeness (QED) is 0.519. The second-order valence-corrected chi connectivity index (χ2v) is 4.71. The van der Waals surface area contributed by atoms with E-state index in [2.05, 4.69) is 4.85 Å². The molecular formula is C13H30NO4+. The van der Waals surface area contributed by atoms with Crippen LogP contribution in [0.4, 0.5) is 0 Å². The van der Waals surface area contributed by atoms with Gasteiger partial charge in [-0.3, -0.25) is 0 Å². The van der Waals surface area contributed by atoms with Gasteiger partial charge in [-0.1, -0.05) is 19.7 Å². The average Bonchev–Trinajstić information content (AvgIpc) is 2.12. The van der Waals surface area contributed by atoms with Crippen LogP contribution in [0.25, 0.3) is 4.85 Å². The molecule has 0 saturated carbocycles. The number of rotatable bonds is 7. The van der Waals surface area contributed by atoms with Crippen molar-refractivity contribution in [1.29, 1.82) is 0 Å². The minimum Gasteiger partial charge on any atom is -0.234 e. The minimum atomic E-state index is -0.383. The van der Waals surface area contributed by atoms with Gasteiger partial charge < -0.3 is 0 Å². The van der Waals surface area contributed by atoms with Crippen molar-refractivity contribution in [2.45, 2.75) is 67.3 Å². The highest BCUT2D eigenvalue weighted by Crippen LogP contribution is 2.10. The molecule has 0 aromatic heterocycles. The Kier molecular flexibility index (Phi) is 14.3. The van der Waals surface area contributed by atoms with E-state index >= 15 is 0 Å². The second kappa shape index (κ2) is 11.4. The van der Waals surface area contributed by atoms with Gasteiger partial charge in [0.25, 0.3) is 13.1 Å². The summed E-state index contributed by atoms with van der Waals surface area (Å²) in [5, 5.41) is 0. The molecule has 5 heteroatoms. The lowest BCUT2D eigenvalue weighted by molar-refractivity contribution is -0.398. The van der Waals surface area contributed by atoms with Crippen molar-refractivity contribution in [2.24, 2.45) is 0 Å². The maximum atomic E-state index is 5.15. The van der Waals surface area contributed by atoms with E-state index in [0.717, 1.165) is 0 Å². The van der Waals surface area contributed by atoms with Crippen molar-refractivity contribution in [3.8, 4) is 6.57 Å². The van der Waals surface area contributed by atoms with Crippen molar-refractivity contribution in [3.05, 3.63) is 4.85 Å². The van der Waals surface area contributed by atoms with E-state index in [4.69, 9.17) is 26.1 Å². The van der Waals surface area contributed by atoms with Gasteiger partial charge in [-0.25, -0.2) is 19.6 Å². The number of nitrogens with zero attached hydrogens (tertiary/aromatic N) is 1. The Morgan fingerprint density at radius 2 is 1.67 bits per heavy atom. The Bertz CT molecular complexity index is 218. The Balaban J connectivity index is -0.00000112. The summed E-state index contributed by atoms with van der Waals surface area (Å²) in [5.41, 5.74) is -0.383. The van der Waals surface area contributed by atoms with Gasteiger partial charge in [0.15, 0.2) is 6.10 Å². The van der Waals surface area contributed by atoms with Gasteiger partial charge in [-0.2, -0.15) is 0 Å². The molecule has 5 nitrogen and oxygen atoms in total. The molecule has 0 aliphatic carbocycles. The van der Waals surface area contributed by atoms with E-state index in [1.165, 1.54) is 0 Å². The molecule has 0 fully saturated rings. The Labute approximate surface area is 112 Å². The molecule has 0 saturated heterocycles. The van der Waals surface area contributed by atoms with Crippen LogP contribution in [0.3, 0.4) is 0 Å². The smallest absolute Gasteiger partial charge is 0.234 e. The van der Waals surface area contributed by atoms with Crippen LogP contribution >= 0.6 is 0 Å². The van der Waals surface area contributed by atoms with E-state index in [9.17, 15) is 0 Å². The highest BCUT2D eigenvalue weighted by Gasteiger charge is 2.21. The van der Waals surface area contributed by atoms with Crippen molar-refractivity contribution < 1.29 is 19.6 Å². The lowest BCUT2D eigenvalue weighted by Crippen LogP contribution is -2.29. The highest BCUT2D eigenvalue weighted by atomic mass is 17.2. The molecule has 0 N–H and O–H groups in total. The molecule has 0 heterocycles. The van der Waals surface area contributed by atoms with E-state index < -0.39 is 0 Å². The van der Waals surface area contributed by atoms with Crippen LogP contribution in [0.15, 0.2) is 0 Å². The largest absolute Gasteiger partial charge is 0.294 e. The zero-order valence-corrected chi connectivity index (χ0v) is 10.7. The van der Waals surface area contributed by atoms with Gasteiger partial charge in [0.1, 0.15) is 6.61 Å². The van der Waals surface area contributed by atoms with Gasteiger partial charge in [0, 0.05) is 0 Å². The molecule has 0 aliphatic heterocycles. The van der Waals surface area contributed by atoms with E-state index in [1.807, 2.05) is 34.6 Å². The van der Waals surface area contributed by atoms with Crippen LogP contribution in [0.5, 0.6) is 0 Å². The fraction of sp³-hybridized carbons (Fsp3) is 0.923. The summed E-state index contributed by atoms with van der Waals surface area (Å²) >= 11 is 0. The van der Waals surface area contributed by atoms with Crippen LogP contribution in [0.1, 0.15) is 49.5 Å². The molecule has 0 rings (SSSR count). The first-order valence-electron chi connectivity index (χ1n) is 5.34. The zero-order valence-electron chi connectivity index (χ0n) is 10.7. The summed E-state index contributed by atoms with van der Waals surface area (Å²) in [6.07, 6.45) is -0.373. The van der Waals surface area contributed by atoms with Gasteiger partial charge in [0.05, 0.1) is 11.7 Å². The topological polar surface area (TPSA) is 41.3 Å². The molecule has 1 unspecified atom stereocenters. The summed E-state index contributed by atoms with van der Waals surface area (Å²) in [5.74, 6) is 0. The van der Waals surface area contributed by atoms with E-state index in [1.54, 1.807) is 0 Å². The first kappa shape index (κ1) is 22.5. The predicted molar refractivity (Wildman–Crippen MR) is 74.5 cm³/mol. The minimum absolute atomic E-state index is 0. The maximum absolute atomic E-state index is 5.15. The molecule has 0 amide bonds. The number of hydrogen-bond donors (Lipinski definition) is 0. The lowest BCUT2D eigenvalue weighted by atomic mass is 10.2. The predicted octanol–water partition coefficient (Wildman–Crippen LogP) is 3.69. The van der Waals surface area contributed by atoms with Crippen LogP contribution in [-0.2, 0) is 19.6 Å². The summed E-state index contributed by atoms with van der Waals surface area (Å²) in [7, 11) is 0. The molecular weight excluding hydrogens is 234 g/mol. The molecule has 0 aromatic carbocycles. The summed E-state index contributed by atoms with van der Waals surface area (Å²) in [6, 6.07) is 0. The zero-order chi connectivity index (χ0) is 12.6. The van der Waals surface area contributed by atoms with Crippen LogP contribution in [0, 0.1) is 6.57 Å². The second-order valence-electron chi connectivity index (χ2n) is 4.71. The van der Waals surface area contributed by atoms with Crippen LogP contribution in [-0.4, -0.2) is 31.0 Å². The molecule has 18 heavy (non-hydrogen) atoms. The standard InChI is InChI=1S/C11H22NO4.2CH4/c1-9(2)14-13-8-10(7-12-6)15-16-11(3,4)5;;/h6,9-10H,7-8H2,1-5H3;2*1H4/q+1;;. The Hall–Kier alpha value is -0.670. The first-order chi connectivity index (χ1) is 7.35. The Morgan fingerprint density at radius 3 is 2.06 bits per heavy atom. The molecule has 0 spiro atoms. The first-order valence-corrected chi connectivity index (χ1v) is 5.34. The van der Waals surface area contributed by atoms with Gasteiger partial charge in [0.2, 0.25) is 0 Å². The molecule has 110 valence electrons. The number of hydrogen-bond acceptors (Lipinski definition) is 4. The van der Waals surface area contributed by atoms with E-state index in [-0.39, 0.29) is 45.8 Å². The van der Waals surface area contributed by atoms with Crippen LogP contribution < -0.4 is 0 Å². The van der Waals surface area contributed by atoms with Gasteiger partial charge in [-0.15, -0.1) is 0 Å². The summed E-state index contributed by atoms with van der Waals surface area (Å²) in [6.45, 7) is 15.0. The SMILES string of the molecule is C.C.C#[N+]CC(COOC(C)C)OOC(C)(C)C. The normalized spacial score (nSPS) is 12.3. The molecule has 0 radical (unpaired) electrons. The molecule has 0 aromatic rings. The molecule has 0 bridgehead atoms. The van der Waals surface area contributed by atoms with Crippen molar-refractivity contribution in [1.82, 2.24) is 0 Å². The average molecular weight is 264 g/mol. The van der Waals surface area contributed by atoms with Crippen molar-refractivity contribution in [2.75, 3.05) is 13.2 Å². The fourth-order valence-electron chi connectivity index (χ4n) is 0.692. The third kappa shape index (κ3) is 15.3. The summed E-state index contributed by atoms with van der Waals surface area (Å²) < 4.78 is 0. The summed E-state index contributed by atoms with van der Waals surface area (Å²) in [4.78, 5) is 23.7. The third-order valence-corrected chi connectivity index (χ3v) is 1.26. The van der Waals surface area contributed by atoms with Gasteiger partial charge in [-0.05, 0) is 34.6 Å². The fourth-order valence-corrected chi connectivity index (χ4v) is 0.692.